The molecule has 13 nitrogen and oxygen atoms in total. The highest BCUT2D eigenvalue weighted by molar-refractivity contribution is 6.36. The minimum atomic E-state index is -1.21. The molecule has 6 rings (SSSR count). The lowest BCUT2D eigenvalue weighted by atomic mass is 9.48. The molecule has 2 unspecified atom stereocenters. The van der Waals surface area contributed by atoms with Crippen LogP contribution in [0.4, 0.5) is 5.69 Å². The Kier molecular flexibility index (Phi) is 9.84. The van der Waals surface area contributed by atoms with Crippen molar-refractivity contribution in [3.8, 4) is 0 Å². The van der Waals surface area contributed by atoms with Gasteiger partial charge in [-0.25, -0.2) is 0 Å². The van der Waals surface area contributed by atoms with Crippen molar-refractivity contribution in [2.24, 2.45) is 23.2 Å². The van der Waals surface area contributed by atoms with Gasteiger partial charge in [-0.2, -0.15) is 0 Å². The van der Waals surface area contributed by atoms with Gasteiger partial charge >= 0.3 is 0 Å². The van der Waals surface area contributed by atoms with Crippen LogP contribution in [-0.2, 0) is 35.3 Å². The van der Waals surface area contributed by atoms with Gasteiger partial charge in [-0.05, 0) is 80.8 Å². The Morgan fingerprint density at radius 2 is 1.89 bits per heavy atom. The summed E-state index contributed by atoms with van der Waals surface area (Å²) in [6, 6.07) is 1.20. The smallest absolute Gasteiger partial charge is 0.287 e. The lowest BCUT2D eigenvalue weighted by Gasteiger charge is -2.59. The number of hydrogen-bond donors (Lipinski definition) is 5. The molecule has 5 aliphatic rings. The van der Waals surface area contributed by atoms with Gasteiger partial charge in [0.05, 0.1) is 13.2 Å². The van der Waals surface area contributed by atoms with E-state index in [0.29, 0.717) is 30.4 Å². The number of pyridine rings is 1. The quantitative estimate of drug-likeness (QED) is 0.206. The number of amides is 4. The van der Waals surface area contributed by atoms with E-state index in [4.69, 9.17) is 4.74 Å². The third-order valence-electron chi connectivity index (χ3n) is 9.62. The van der Waals surface area contributed by atoms with Crippen molar-refractivity contribution in [3.63, 3.8) is 0 Å². The number of ketones is 1. The molecule has 240 valence electrons. The number of hydrogen-bond acceptors (Lipinski definition) is 8. The molecule has 5 N–H and O–H groups in total. The predicted molar refractivity (Wildman–Crippen MR) is 160 cm³/mol. The molecule has 1 aromatic heterocycles. The Labute approximate surface area is 256 Å². The first kappa shape index (κ1) is 31.8. The van der Waals surface area contributed by atoms with E-state index in [9.17, 15) is 28.8 Å². The van der Waals surface area contributed by atoms with Crippen LogP contribution in [0, 0.1) is 23.2 Å². The number of morpholine rings is 1. The largest absolute Gasteiger partial charge is 0.378 e. The van der Waals surface area contributed by atoms with Crippen molar-refractivity contribution < 1.29 is 28.7 Å². The van der Waals surface area contributed by atoms with Gasteiger partial charge in [0.2, 0.25) is 23.5 Å². The SMILES string of the molecule is CCNC(=O)C(=O)CC[C@H](NC(=O)[C@H]1COCCN1)C(=O)Nc1cccn(CC(=O)NC2C3CC4CC2CC(C)(C4)C3)c1=O. The van der Waals surface area contributed by atoms with Crippen molar-refractivity contribution in [1.29, 1.82) is 0 Å². The van der Waals surface area contributed by atoms with Crippen molar-refractivity contribution in [2.45, 2.75) is 83.5 Å². The van der Waals surface area contributed by atoms with Gasteiger partial charge in [-0.3, -0.25) is 28.8 Å². The Bertz CT molecular complexity index is 1320. The fourth-order valence-corrected chi connectivity index (χ4v) is 7.95. The maximum Gasteiger partial charge on any atom is 0.287 e. The number of aromatic nitrogens is 1. The highest BCUT2D eigenvalue weighted by Gasteiger charge is 2.53. The van der Waals surface area contributed by atoms with E-state index in [1.165, 1.54) is 23.3 Å². The van der Waals surface area contributed by atoms with E-state index in [1.807, 2.05) is 0 Å². The van der Waals surface area contributed by atoms with Crippen LogP contribution in [0.5, 0.6) is 0 Å². The third kappa shape index (κ3) is 7.37. The second kappa shape index (κ2) is 13.6. The first-order valence-electron chi connectivity index (χ1n) is 15.8. The number of likely N-dealkylation sites (N-methyl/N-ethyl adjacent to an activating group) is 1. The highest BCUT2D eigenvalue weighted by Crippen LogP contribution is 2.59. The lowest BCUT2D eigenvalue weighted by molar-refractivity contribution is -0.138. The molecule has 44 heavy (non-hydrogen) atoms. The van der Waals surface area contributed by atoms with Gasteiger partial charge in [0.1, 0.15) is 24.3 Å². The number of nitrogens with one attached hydrogen (secondary N) is 5. The van der Waals surface area contributed by atoms with Crippen LogP contribution in [-0.4, -0.2) is 78.4 Å². The van der Waals surface area contributed by atoms with Crippen LogP contribution < -0.4 is 32.1 Å². The fraction of sp³-hybridized carbons (Fsp3) is 0.677. The number of anilines is 1. The summed E-state index contributed by atoms with van der Waals surface area (Å²) in [5.41, 5.74) is -0.255. The van der Waals surface area contributed by atoms with Gasteiger partial charge in [0, 0.05) is 31.7 Å². The van der Waals surface area contributed by atoms with E-state index in [0.717, 1.165) is 31.6 Å². The van der Waals surface area contributed by atoms with Crippen molar-refractivity contribution in [1.82, 2.24) is 25.8 Å². The van der Waals surface area contributed by atoms with E-state index >= 15 is 0 Å². The Morgan fingerprint density at radius 1 is 1.14 bits per heavy atom. The normalized spacial score (nSPS) is 29.4. The molecule has 2 heterocycles. The van der Waals surface area contributed by atoms with Crippen LogP contribution in [0.2, 0.25) is 0 Å². The monoisotopic (exact) mass is 612 g/mol. The van der Waals surface area contributed by atoms with Crippen LogP contribution >= 0.6 is 0 Å². The second-order valence-electron chi connectivity index (χ2n) is 13.2. The maximum absolute atomic E-state index is 13.3. The molecule has 13 heteroatoms. The van der Waals surface area contributed by atoms with E-state index in [1.54, 1.807) is 13.0 Å². The maximum atomic E-state index is 13.3. The molecule has 0 spiro atoms. The molecule has 4 amide bonds. The van der Waals surface area contributed by atoms with E-state index in [2.05, 4.69) is 33.5 Å². The summed E-state index contributed by atoms with van der Waals surface area (Å²) in [5.74, 6) is -1.27. The number of Topliss-reactive ketones (excluding diaryl/α,β-unsaturated/α-hetero) is 1. The van der Waals surface area contributed by atoms with Crippen molar-refractivity contribution >= 4 is 35.1 Å². The van der Waals surface area contributed by atoms with E-state index < -0.39 is 41.1 Å². The van der Waals surface area contributed by atoms with Crippen LogP contribution in [0.1, 0.15) is 58.8 Å². The molecule has 0 radical (unpaired) electrons. The summed E-state index contributed by atoms with van der Waals surface area (Å²) >= 11 is 0. The second-order valence-corrected chi connectivity index (χ2v) is 13.2. The Hall–Kier alpha value is -3.58. The molecule has 4 aliphatic carbocycles. The van der Waals surface area contributed by atoms with Gasteiger partial charge in [0.25, 0.3) is 11.5 Å². The Balaban J connectivity index is 1.22. The minimum absolute atomic E-state index is 0.0683. The molecule has 4 bridgehead atoms. The average Bonchev–Trinajstić information content (AvgIpc) is 2.98. The van der Waals surface area contributed by atoms with Crippen LogP contribution in [0.15, 0.2) is 23.1 Å². The topological polar surface area (TPSA) is 177 Å². The zero-order valence-electron chi connectivity index (χ0n) is 25.5. The van der Waals surface area contributed by atoms with Crippen LogP contribution in [0.3, 0.4) is 0 Å². The third-order valence-corrected chi connectivity index (χ3v) is 9.62. The number of rotatable bonds is 12. The zero-order chi connectivity index (χ0) is 31.4. The summed E-state index contributed by atoms with van der Waals surface area (Å²) in [4.78, 5) is 76.8. The Morgan fingerprint density at radius 3 is 2.55 bits per heavy atom. The minimum Gasteiger partial charge on any atom is -0.378 e. The summed E-state index contributed by atoms with van der Waals surface area (Å²) in [6.45, 7) is 5.17. The molecule has 5 fully saturated rings. The molecule has 1 saturated heterocycles. The fourth-order valence-electron chi connectivity index (χ4n) is 7.95. The average molecular weight is 613 g/mol. The molecular formula is C31H44N6O7. The van der Waals surface area contributed by atoms with Crippen molar-refractivity contribution in [3.05, 3.63) is 28.7 Å². The van der Waals surface area contributed by atoms with Gasteiger partial charge in [-0.1, -0.05) is 6.92 Å². The summed E-state index contributed by atoms with van der Waals surface area (Å²) in [6.07, 6.45) is 6.88. The molecular weight excluding hydrogens is 568 g/mol. The van der Waals surface area contributed by atoms with E-state index in [-0.39, 0.29) is 50.2 Å². The summed E-state index contributed by atoms with van der Waals surface area (Å²) < 4.78 is 6.58. The van der Waals surface area contributed by atoms with Gasteiger partial charge < -0.3 is 35.9 Å². The number of carbonyl (C=O) groups is 5. The van der Waals surface area contributed by atoms with Gasteiger partial charge in [-0.15, -0.1) is 0 Å². The number of ether oxygens (including phenoxy) is 1. The lowest BCUT2D eigenvalue weighted by Crippen LogP contribution is -2.59. The number of carbonyl (C=O) groups excluding carboxylic acids is 5. The first-order chi connectivity index (χ1) is 21.0. The molecule has 0 aromatic carbocycles. The molecule has 1 aromatic rings. The summed E-state index contributed by atoms with van der Waals surface area (Å²) in [7, 11) is 0. The van der Waals surface area contributed by atoms with Crippen LogP contribution in [0.25, 0.3) is 0 Å². The summed E-state index contributed by atoms with van der Waals surface area (Å²) in [5, 5.41) is 13.8. The first-order valence-corrected chi connectivity index (χ1v) is 15.8. The molecule has 4 saturated carbocycles. The number of nitrogens with zero attached hydrogens (tertiary/aromatic N) is 1. The van der Waals surface area contributed by atoms with Gasteiger partial charge in [0.15, 0.2) is 0 Å². The van der Waals surface area contributed by atoms with Crippen molar-refractivity contribution in [2.75, 3.05) is 31.6 Å². The molecule has 1 aliphatic heterocycles. The predicted octanol–water partition coefficient (Wildman–Crippen LogP) is 0.0764. The molecule has 4 atom stereocenters. The standard InChI is InChI=1S/C31H44N6O7/c1-3-32-29(42)24(38)7-6-21(34-28(41)23-17-44-10-8-33-23)27(40)35-22-5-4-9-37(30(22)43)16-25(39)36-26-19-11-18-12-20(26)15-31(2,13-18)14-19/h4-5,9,18-21,23,26,33H,3,6-8,10-17H2,1-2H3,(H,32,42)(H,34,41)(H,35,40)(H,36,39)/t18?,19?,20?,21-,23+,26?,31?/m0/s1. The highest BCUT2D eigenvalue weighted by atomic mass is 16.5. The zero-order valence-corrected chi connectivity index (χ0v) is 25.5.